The number of hydrogen-bond acceptors (Lipinski definition) is 5. The minimum absolute atomic E-state index is 0.103. The molecule has 29 heavy (non-hydrogen) atoms. The monoisotopic (exact) mass is 402 g/mol. The van der Waals surface area contributed by atoms with Crippen LogP contribution in [0.1, 0.15) is 46.1 Å². The van der Waals surface area contributed by atoms with E-state index in [4.69, 9.17) is 9.47 Å². The molecule has 1 aromatic rings. The summed E-state index contributed by atoms with van der Waals surface area (Å²) in [4.78, 5) is 29.3. The summed E-state index contributed by atoms with van der Waals surface area (Å²) in [7, 11) is 0. The topological polar surface area (TPSA) is 59.1 Å². The molecule has 0 aromatic heterocycles. The Morgan fingerprint density at radius 1 is 1.14 bits per heavy atom. The van der Waals surface area contributed by atoms with Gasteiger partial charge in [-0.25, -0.2) is 4.79 Å². The van der Waals surface area contributed by atoms with Gasteiger partial charge in [0.05, 0.1) is 12.5 Å². The maximum atomic E-state index is 12.8. The molecule has 160 valence electrons. The van der Waals surface area contributed by atoms with Crippen LogP contribution in [0, 0.1) is 11.3 Å². The first-order valence-electron chi connectivity index (χ1n) is 10.6. The molecule has 1 amide bonds. The van der Waals surface area contributed by atoms with Crippen molar-refractivity contribution in [1.29, 1.82) is 0 Å². The molecule has 0 bridgehead atoms. The molecule has 0 saturated carbocycles. The van der Waals surface area contributed by atoms with Gasteiger partial charge in [0, 0.05) is 38.1 Å². The van der Waals surface area contributed by atoms with Crippen LogP contribution in [0.15, 0.2) is 30.3 Å². The molecule has 1 aromatic carbocycles. The molecule has 2 aliphatic heterocycles. The van der Waals surface area contributed by atoms with Crippen LogP contribution >= 0.6 is 0 Å². The fourth-order valence-electron chi connectivity index (χ4n) is 4.57. The van der Waals surface area contributed by atoms with E-state index in [-0.39, 0.29) is 23.4 Å². The van der Waals surface area contributed by atoms with Crippen molar-refractivity contribution in [2.75, 3.05) is 32.8 Å². The molecule has 2 heterocycles. The number of esters is 1. The molecule has 1 atom stereocenters. The molecule has 1 spiro atoms. The number of likely N-dealkylation sites (tertiary alicyclic amines) is 2. The Morgan fingerprint density at radius 3 is 2.38 bits per heavy atom. The van der Waals surface area contributed by atoms with Crippen molar-refractivity contribution >= 4 is 12.1 Å². The van der Waals surface area contributed by atoms with Crippen LogP contribution in [-0.2, 0) is 20.8 Å². The molecule has 0 radical (unpaired) electrons. The third-order valence-electron chi connectivity index (χ3n) is 5.95. The summed E-state index contributed by atoms with van der Waals surface area (Å²) in [5.74, 6) is -0.249. The normalized spacial score (nSPS) is 21.9. The molecule has 2 saturated heterocycles. The van der Waals surface area contributed by atoms with Crippen molar-refractivity contribution in [3.63, 3.8) is 0 Å². The Labute approximate surface area is 174 Å². The van der Waals surface area contributed by atoms with Gasteiger partial charge in [-0.05, 0) is 46.1 Å². The predicted molar refractivity (Wildman–Crippen MR) is 111 cm³/mol. The average Bonchev–Trinajstić information content (AvgIpc) is 2.99. The van der Waals surface area contributed by atoms with Gasteiger partial charge in [0.25, 0.3) is 0 Å². The lowest BCUT2D eigenvalue weighted by Crippen LogP contribution is -2.49. The van der Waals surface area contributed by atoms with Crippen LogP contribution in [-0.4, -0.2) is 60.2 Å². The Hall–Kier alpha value is -2.08. The van der Waals surface area contributed by atoms with E-state index in [0.29, 0.717) is 26.2 Å². The number of ether oxygens (including phenoxy) is 2. The minimum atomic E-state index is -0.500. The third kappa shape index (κ3) is 5.30. The van der Waals surface area contributed by atoms with Crippen LogP contribution < -0.4 is 0 Å². The Kier molecular flexibility index (Phi) is 6.52. The number of benzene rings is 1. The van der Waals surface area contributed by atoms with Crippen LogP contribution in [0.3, 0.4) is 0 Å². The highest BCUT2D eigenvalue weighted by molar-refractivity contribution is 5.74. The van der Waals surface area contributed by atoms with E-state index in [1.165, 1.54) is 5.56 Å². The predicted octanol–water partition coefficient (Wildman–Crippen LogP) is 3.70. The molecule has 1 unspecified atom stereocenters. The number of piperidine rings is 1. The summed E-state index contributed by atoms with van der Waals surface area (Å²) >= 11 is 0. The minimum Gasteiger partial charge on any atom is -0.466 e. The summed E-state index contributed by atoms with van der Waals surface area (Å²) in [5.41, 5.74) is 0.609. The van der Waals surface area contributed by atoms with Crippen LogP contribution in [0.4, 0.5) is 4.79 Å². The molecule has 0 aliphatic carbocycles. The number of carbonyl (C=O) groups is 2. The first-order valence-corrected chi connectivity index (χ1v) is 10.6. The number of amides is 1. The second kappa shape index (κ2) is 8.74. The number of carbonyl (C=O) groups excluding carboxylic acids is 2. The van der Waals surface area contributed by atoms with Crippen molar-refractivity contribution < 1.29 is 19.1 Å². The first kappa shape index (κ1) is 21.6. The van der Waals surface area contributed by atoms with E-state index in [1.54, 1.807) is 4.90 Å². The quantitative estimate of drug-likeness (QED) is 0.719. The largest absolute Gasteiger partial charge is 0.466 e. The van der Waals surface area contributed by atoms with E-state index >= 15 is 0 Å². The summed E-state index contributed by atoms with van der Waals surface area (Å²) in [6, 6.07) is 10.3. The van der Waals surface area contributed by atoms with Gasteiger partial charge >= 0.3 is 12.1 Å². The van der Waals surface area contributed by atoms with E-state index in [1.807, 2.05) is 45.9 Å². The van der Waals surface area contributed by atoms with E-state index < -0.39 is 5.60 Å². The highest BCUT2D eigenvalue weighted by atomic mass is 16.6. The molecular weight excluding hydrogens is 368 g/mol. The standard InChI is InChI=1S/C23H34N2O4/c1-5-28-20(26)19-16-24(15-18-9-7-6-8-10-18)17-23(19)11-13-25(14-12-23)21(27)29-22(2,3)4/h6-10,19H,5,11-17H2,1-4H3. The van der Waals surface area contributed by atoms with Gasteiger partial charge in [0.1, 0.15) is 5.60 Å². The second-order valence-corrected chi connectivity index (χ2v) is 9.29. The zero-order valence-corrected chi connectivity index (χ0v) is 18.1. The van der Waals surface area contributed by atoms with Crippen molar-refractivity contribution in [2.45, 2.75) is 52.7 Å². The molecule has 6 nitrogen and oxygen atoms in total. The Balaban J connectivity index is 1.69. The maximum absolute atomic E-state index is 12.8. The van der Waals surface area contributed by atoms with Crippen LogP contribution in [0.5, 0.6) is 0 Å². The van der Waals surface area contributed by atoms with Gasteiger partial charge in [0.2, 0.25) is 0 Å². The average molecular weight is 403 g/mol. The van der Waals surface area contributed by atoms with Gasteiger partial charge in [0.15, 0.2) is 0 Å². The first-order chi connectivity index (χ1) is 13.7. The smallest absolute Gasteiger partial charge is 0.410 e. The van der Waals surface area contributed by atoms with Crippen molar-refractivity contribution in [3.8, 4) is 0 Å². The Morgan fingerprint density at radius 2 is 1.79 bits per heavy atom. The number of hydrogen-bond donors (Lipinski definition) is 0. The SMILES string of the molecule is CCOC(=O)C1CN(Cc2ccccc2)CC12CCN(C(=O)OC(C)(C)C)CC2. The molecule has 2 aliphatic rings. The van der Waals surface area contributed by atoms with E-state index in [9.17, 15) is 9.59 Å². The van der Waals surface area contributed by atoms with E-state index in [0.717, 1.165) is 25.9 Å². The molecular formula is C23H34N2O4. The lowest BCUT2D eigenvalue weighted by molar-refractivity contribution is -0.152. The van der Waals surface area contributed by atoms with Crippen molar-refractivity contribution in [2.24, 2.45) is 11.3 Å². The van der Waals surface area contributed by atoms with Gasteiger partial charge in [-0.2, -0.15) is 0 Å². The van der Waals surface area contributed by atoms with Gasteiger partial charge in [-0.15, -0.1) is 0 Å². The molecule has 0 N–H and O–H groups in total. The van der Waals surface area contributed by atoms with Crippen LogP contribution in [0.2, 0.25) is 0 Å². The highest BCUT2D eigenvalue weighted by Crippen LogP contribution is 2.45. The lowest BCUT2D eigenvalue weighted by Gasteiger charge is -2.42. The van der Waals surface area contributed by atoms with Gasteiger partial charge in [-0.3, -0.25) is 9.69 Å². The van der Waals surface area contributed by atoms with Crippen LogP contribution in [0.25, 0.3) is 0 Å². The summed E-state index contributed by atoms with van der Waals surface area (Å²) < 4.78 is 10.9. The van der Waals surface area contributed by atoms with Gasteiger partial charge < -0.3 is 14.4 Å². The summed E-state index contributed by atoms with van der Waals surface area (Å²) in [6.07, 6.45) is 1.32. The second-order valence-electron chi connectivity index (χ2n) is 9.29. The molecule has 2 fully saturated rings. The van der Waals surface area contributed by atoms with Gasteiger partial charge in [-0.1, -0.05) is 30.3 Å². The molecule has 3 rings (SSSR count). The fraction of sp³-hybridized carbons (Fsp3) is 0.652. The summed E-state index contributed by atoms with van der Waals surface area (Å²) in [5, 5.41) is 0. The fourth-order valence-corrected chi connectivity index (χ4v) is 4.57. The zero-order chi connectivity index (χ0) is 21.1. The maximum Gasteiger partial charge on any atom is 0.410 e. The van der Waals surface area contributed by atoms with E-state index in [2.05, 4.69) is 17.0 Å². The number of nitrogens with zero attached hydrogens (tertiary/aromatic N) is 2. The van der Waals surface area contributed by atoms with Crippen molar-refractivity contribution in [3.05, 3.63) is 35.9 Å². The third-order valence-corrected chi connectivity index (χ3v) is 5.95. The lowest BCUT2D eigenvalue weighted by atomic mass is 9.71. The highest BCUT2D eigenvalue weighted by Gasteiger charge is 2.52. The number of rotatable bonds is 4. The van der Waals surface area contributed by atoms with Crippen molar-refractivity contribution in [1.82, 2.24) is 9.80 Å². The summed E-state index contributed by atoms with van der Waals surface area (Å²) in [6.45, 7) is 11.5. The Bertz CT molecular complexity index is 705. The zero-order valence-electron chi connectivity index (χ0n) is 18.1. The molecule has 6 heteroatoms.